The Bertz CT molecular complexity index is 730. The van der Waals surface area contributed by atoms with Crippen LogP contribution in [-0.4, -0.2) is 35.5 Å². The molecular formula is C19H22N2O3S. The van der Waals surface area contributed by atoms with Crippen LogP contribution in [0.3, 0.4) is 0 Å². The molecule has 25 heavy (non-hydrogen) atoms. The average Bonchev–Trinajstić information content (AvgIpc) is 2.63. The third-order valence-corrected chi connectivity index (χ3v) is 5.38. The van der Waals surface area contributed by atoms with Crippen molar-refractivity contribution in [3.05, 3.63) is 53.7 Å². The van der Waals surface area contributed by atoms with E-state index in [1.165, 1.54) is 0 Å². The van der Waals surface area contributed by atoms with Gasteiger partial charge in [-0.2, -0.15) is 0 Å². The highest BCUT2D eigenvalue weighted by atomic mass is 32.2. The summed E-state index contributed by atoms with van der Waals surface area (Å²) < 4.78 is 5.11. The number of nitrogens with zero attached hydrogens (tertiary/aromatic N) is 1. The van der Waals surface area contributed by atoms with E-state index in [0.29, 0.717) is 24.3 Å². The smallest absolute Gasteiger partial charge is 0.252 e. The van der Waals surface area contributed by atoms with Crippen molar-refractivity contribution in [3.8, 4) is 5.88 Å². The number of hydrogen-bond donors (Lipinski definition) is 2. The predicted molar refractivity (Wildman–Crippen MR) is 98.0 cm³/mol. The van der Waals surface area contributed by atoms with Crippen LogP contribution >= 0.6 is 11.8 Å². The molecule has 1 aromatic carbocycles. The van der Waals surface area contributed by atoms with Crippen LogP contribution in [0.5, 0.6) is 5.88 Å². The molecule has 0 unspecified atom stereocenters. The maximum atomic E-state index is 12.8. The fourth-order valence-electron chi connectivity index (χ4n) is 3.12. The molecule has 0 radical (unpaired) electrons. The predicted octanol–water partition coefficient (Wildman–Crippen LogP) is 3.05. The first-order valence-corrected chi connectivity index (χ1v) is 9.46. The number of carbonyl (C=O) groups is 1. The van der Waals surface area contributed by atoms with E-state index in [1.54, 1.807) is 31.1 Å². The summed E-state index contributed by atoms with van der Waals surface area (Å²) in [4.78, 5) is 18.0. The second-order valence-electron chi connectivity index (χ2n) is 6.17. The molecule has 1 aliphatic rings. The van der Waals surface area contributed by atoms with Crippen molar-refractivity contribution < 1.29 is 14.6 Å². The van der Waals surface area contributed by atoms with Gasteiger partial charge in [0.05, 0.1) is 24.8 Å². The van der Waals surface area contributed by atoms with E-state index in [4.69, 9.17) is 4.74 Å². The van der Waals surface area contributed by atoms with Crippen LogP contribution in [0.2, 0.25) is 0 Å². The monoisotopic (exact) mass is 358 g/mol. The third-order valence-electron chi connectivity index (χ3n) is 4.59. The van der Waals surface area contributed by atoms with Crippen LogP contribution < -0.4 is 10.1 Å². The number of nitrogens with one attached hydrogen (secondary N) is 1. The number of aromatic nitrogens is 1. The molecule has 1 atom stereocenters. The Balaban J connectivity index is 1.83. The summed E-state index contributed by atoms with van der Waals surface area (Å²) in [5.74, 6) is 0.637. The Morgan fingerprint density at radius 3 is 2.68 bits per heavy atom. The van der Waals surface area contributed by atoms with E-state index in [1.807, 2.05) is 36.6 Å². The molecule has 5 nitrogen and oxygen atoms in total. The van der Waals surface area contributed by atoms with Crippen molar-refractivity contribution >= 4 is 17.7 Å². The molecule has 1 aliphatic carbocycles. The van der Waals surface area contributed by atoms with E-state index in [2.05, 4.69) is 10.3 Å². The molecule has 132 valence electrons. The van der Waals surface area contributed by atoms with Crippen LogP contribution in [-0.2, 0) is 0 Å². The van der Waals surface area contributed by atoms with Gasteiger partial charge >= 0.3 is 0 Å². The second kappa shape index (κ2) is 7.89. The Morgan fingerprint density at radius 2 is 2.08 bits per heavy atom. The second-order valence-corrected chi connectivity index (χ2v) is 7.02. The lowest BCUT2D eigenvalue weighted by molar-refractivity contribution is 0.0234. The van der Waals surface area contributed by atoms with E-state index in [0.717, 1.165) is 10.5 Å². The molecule has 0 aliphatic heterocycles. The summed E-state index contributed by atoms with van der Waals surface area (Å²) in [6, 6.07) is 11.1. The molecule has 6 heteroatoms. The summed E-state index contributed by atoms with van der Waals surface area (Å²) in [6.45, 7) is 0. The average molecular weight is 358 g/mol. The number of pyridine rings is 1. The van der Waals surface area contributed by atoms with Crippen LogP contribution in [0.4, 0.5) is 0 Å². The number of carbonyl (C=O) groups excluding carboxylic acids is 1. The fraction of sp³-hybridized carbons (Fsp3) is 0.368. The summed E-state index contributed by atoms with van der Waals surface area (Å²) in [7, 11) is 1.57. The van der Waals surface area contributed by atoms with Crippen LogP contribution in [0.1, 0.15) is 34.8 Å². The van der Waals surface area contributed by atoms with E-state index in [-0.39, 0.29) is 24.0 Å². The highest BCUT2D eigenvalue weighted by Crippen LogP contribution is 2.38. The summed E-state index contributed by atoms with van der Waals surface area (Å²) >= 11 is 1.55. The molecule has 1 amide bonds. The van der Waals surface area contributed by atoms with Crippen molar-refractivity contribution in [2.24, 2.45) is 5.92 Å². The Hall–Kier alpha value is -2.05. The van der Waals surface area contributed by atoms with Gasteiger partial charge < -0.3 is 15.2 Å². The van der Waals surface area contributed by atoms with Crippen molar-refractivity contribution in [1.29, 1.82) is 0 Å². The number of thioether (sulfide) groups is 1. The number of aliphatic hydroxyl groups is 1. The number of methoxy groups -OCH3 is 1. The standard InChI is InChI=1S/C19H22N2O3S/c1-24-17-8-7-12(11-20-17)18(13-9-14(22)10-13)21-19(23)15-5-3-4-6-16(15)25-2/h3-8,11,13-14,18,22H,9-10H2,1-2H3,(H,21,23)/t13?,14?,18-/m0/s1. The van der Waals surface area contributed by atoms with Crippen LogP contribution in [0, 0.1) is 5.92 Å². The molecule has 3 rings (SSSR count). The first kappa shape index (κ1) is 17.8. The summed E-state index contributed by atoms with van der Waals surface area (Å²) in [5, 5.41) is 12.8. The van der Waals surface area contributed by atoms with Gasteiger partial charge in [0.15, 0.2) is 0 Å². The molecule has 2 aromatic rings. The zero-order valence-electron chi connectivity index (χ0n) is 14.3. The van der Waals surface area contributed by atoms with Crippen LogP contribution in [0.25, 0.3) is 0 Å². The van der Waals surface area contributed by atoms with Gasteiger partial charge in [0.1, 0.15) is 0 Å². The number of rotatable bonds is 6. The van der Waals surface area contributed by atoms with Gasteiger partial charge in [0.25, 0.3) is 5.91 Å². The quantitative estimate of drug-likeness (QED) is 0.777. The number of hydrogen-bond acceptors (Lipinski definition) is 5. The molecule has 2 N–H and O–H groups in total. The lowest BCUT2D eigenvalue weighted by atomic mass is 9.75. The van der Waals surface area contributed by atoms with Gasteiger partial charge in [-0.25, -0.2) is 4.98 Å². The fourth-order valence-corrected chi connectivity index (χ4v) is 3.72. The number of amides is 1. The number of aliphatic hydroxyl groups excluding tert-OH is 1. The van der Waals surface area contributed by atoms with Crippen molar-refractivity contribution in [2.75, 3.05) is 13.4 Å². The van der Waals surface area contributed by atoms with Gasteiger partial charge in [-0.05, 0) is 42.7 Å². The molecule has 1 heterocycles. The molecule has 0 spiro atoms. The number of ether oxygens (including phenoxy) is 1. The summed E-state index contributed by atoms with van der Waals surface area (Å²) in [6.07, 6.45) is 4.77. The lowest BCUT2D eigenvalue weighted by Gasteiger charge is -2.38. The maximum Gasteiger partial charge on any atom is 0.252 e. The van der Waals surface area contributed by atoms with Gasteiger partial charge in [-0.3, -0.25) is 4.79 Å². The SMILES string of the molecule is COc1ccc([C@H](NC(=O)c2ccccc2SC)C2CC(O)C2)cn1. The normalized spacial score (nSPS) is 20.4. The minimum Gasteiger partial charge on any atom is -0.481 e. The highest BCUT2D eigenvalue weighted by molar-refractivity contribution is 7.98. The molecule has 1 aromatic heterocycles. The Kier molecular flexibility index (Phi) is 5.60. The summed E-state index contributed by atoms with van der Waals surface area (Å²) in [5.41, 5.74) is 1.59. The lowest BCUT2D eigenvalue weighted by Crippen LogP contribution is -2.41. The molecule has 0 saturated heterocycles. The van der Waals surface area contributed by atoms with E-state index >= 15 is 0 Å². The van der Waals surface area contributed by atoms with Crippen molar-refractivity contribution in [3.63, 3.8) is 0 Å². The first-order chi connectivity index (χ1) is 12.1. The van der Waals surface area contributed by atoms with Gasteiger partial charge in [0.2, 0.25) is 5.88 Å². The van der Waals surface area contributed by atoms with Gasteiger partial charge in [0, 0.05) is 17.2 Å². The van der Waals surface area contributed by atoms with Crippen molar-refractivity contribution in [1.82, 2.24) is 10.3 Å². The molecule has 0 bridgehead atoms. The first-order valence-electron chi connectivity index (χ1n) is 8.24. The highest BCUT2D eigenvalue weighted by Gasteiger charge is 2.36. The van der Waals surface area contributed by atoms with Gasteiger partial charge in [-0.1, -0.05) is 18.2 Å². The zero-order valence-corrected chi connectivity index (χ0v) is 15.1. The minimum atomic E-state index is -0.283. The Morgan fingerprint density at radius 1 is 1.32 bits per heavy atom. The van der Waals surface area contributed by atoms with Crippen LogP contribution in [0.15, 0.2) is 47.5 Å². The topological polar surface area (TPSA) is 71.5 Å². The molecular weight excluding hydrogens is 336 g/mol. The third kappa shape index (κ3) is 3.96. The molecule has 1 saturated carbocycles. The van der Waals surface area contributed by atoms with Crippen molar-refractivity contribution in [2.45, 2.75) is 29.9 Å². The minimum absolute atomic E-state index is 0.104. The van der Waals surface area contributed by atoms with E-state index < -0.39 is 0 Å². The largest absolute Gasteiger partial charge is 0.481 e. The van der Waals surface area contributed by atoms with Gasteiger partial charge in [-0.15, -0.1) is 11.8 Å². The zero-order chi connectivity index (χ0) is 17.8. The number of benzene rings is 1. The molecule has 1 fully saturated rings. The van der Waals surface area contributed by atoms with E-state index in [9.17, 15) is 9.90 Å². The Labute approximate surface area is 151 Å². The maximum absolute atomic E-state index is 12.8.